The number of nitriles is 1. The molecule has 1 aromatic heterocycles. The highest BCUT2D eigenvalue weighted by Crippen LogP contribution is 2.21. The first-order valence-corrected chi connectivity index (χ1v) is 3.34. The highest BCUT2D eigenvalue weighted by Gasteiger charge is 2.15. The zero-order chi connectivity index (χ0) is 9.84. The zero-order valence-corrected chi connectivity index (χ0v) is 6.47. The van der Waals surface area contributed by atoms with E-state index >= 15 is 0 Å². The zero-order valence-electron chi connectivity index (χ0n) is 6.47. The van der Waals surface area contributed by atoms with Gasteiger partial charge in [0, 0.05) is 0 Å². The molecular weight excluding hydrogens is 174 g/mol. The summed E-state index contributed by atoms with van der Waals surface area (Å²) >= 11 is 0. The van der Waals surface area contributed by atoms with Gasteiger partial charge in [0.25, 0.3) is 5.69 Å². The average Bonchev–Trinajstić information content (AvgIpc) is 2.08. The van der Waals surface area contributed by atoms with Crippen LogP contribution in [0.4, 0.5) is 5.69 Å². The summed E-state index contributed by atoms with van der Waals surface area (Å²) in [6.45, 7) is 0. The summed E-state index contributed by atoms with van der Waals surface area (Å²) in [6.07, 6.45) is 0.927. The van der Waals surface area contributed by atoms with Crippen LogP contribution in [-0.4, -0.2) is 15.0 Å². The molecule has 0 bridgehead atoms. The predicted molar refractivity (Wildman–Crippen MR) is 41.9 cm³/mol. The maximum Gasteiger partial charge on any atom is 0.295 e. The number of aromatic nitrogens is 1. The molecule has 0 saturated carbocycles. The lowest BCUT2D eigenvalue weighted by molar-refractivity contribution is -0.385. The lowest BCUT2D eigenvalue weighted by Gasteiger charge is -1.97. The molecule has 66 valence electrons. The van der Waals surface area contributed by atoms with E-state index in [1.54, 1.807) is 6.07 Å². The van der Waals surface area contributed by atoms with Gasteiger partial charge >= 0.3 is 0 Å². The minimum atomic E-state index is -0.681. The van der Waals surface area contributed by atoms with Gasteiger partial charge in [0.2, 0.25) is 0 Å². The van der Waals surface area contributed by atoms with Crippen molar-refractivity contribution >= 4 is 5.69 Å². The van der Waals surface area contributed by atoms with E-state index in [4.69, 9.17) is 10.4 Å². The van der Waals surface area contributed by atoms with Crippen LogP contribution in [0.3, 0.4) is 0 Å². The van der Waals surface area contributed by atoms with E-state index in [1.165, 1.54) is 0 Å². The molecule has 1 rings (SSSR count). The molecule has 0 fully saturated rings. The Bertz CT molecular complexity index is 383. The van der Waals surface area contributed by atoms with Gasteiger partial charge in [-0.2, -0.15) is 5.26 Å². The van der Waals surface area contributed by atoms with E-state index in [-0.39, 0.29) is 23.6 Å². The lowest BCUT2D eigenvalue weighted by atomic mass is 10.2. The molecule has 0 aromatic carbocycles. The molecule has 1 N–H and O–H groups in total. The second-order valence-corrected chi connectivity index (χ2v) is 2.25. The highest BCUT2D eigenvalue weighted by atomic mass is 16.6. The number of pyridine rings is 1. The van der Waals surface area contributed by atoms with E-state index in [1.807, 2.05) is 0 Å². The first kappa shape index (κ1) is 8.93. The second-order valence-electron chi connectivity index (χ2n) is 2.25. The summed E-state index contributed by atoms with van der Waals surface area (Å²) in [5.41, 5.74) is -0.271. The smallest absolute Gasteiger partial charge is 0.295 e. The molecule has 6 heteroatoms. The van der Waals surface area contributed by atoms with Crippen molar-refractivity contribution in [3.8, 4) is 11.8 Å². The summed E-state index contributed by atoms with van der Waals surface area (Å²) in [6, 6.07) is 2.72. The minimum absolute atomic E-state index is 0.0605. The van der Waals surface area contributed by atoms with Gasteiger partial charge in [-0.05, 0) is 0 Å². The third kappa shape index (κ3) is 1.90. The fourth-order valence-corrected chi connectivity index (χ4v) is 0.840. The van der Waals surface area contributed by atoms with Crippen LogP contribution in [0.25, 0.3) is 0 Å². The lowest BCUT2D eigenvalue weighted by Crippen LogP contribution is -1.97. The van der Waals surface area contributed by atoms with Gasteiger partial charge in [0.15, 0.2) is 0 Å². The largest absolute Gasteiger partial charge is 0.506 e. The summed E-state index contributed by atoms with van der Waals surface area (Å²) in [4.78, 5) is 13.3. The fraction of sp³-hybridized carbons (Fsp3) is 0.143. The molecule has 1 aromatic rings. The SMILES string of the molecule is N#CCc1ncc(O)cc1[N+](=O)[O-]. The molecule has 0 spiro atoms. The van der Waals surface area contributed by atoms with Crippen molar-refractivity contribution in [1.29, 1.82) is 5.26 Å². The number of rotatable bonds is 2. The number of hydrogen-bond donors (Lipinski definition) is 1. The average molecular weight is 179 g/mol. The number of nitrogens with zero attached hydrogens (tertiary/aromatic N) is 3. The van der Waals surface area contributed by atoms with Crippen LogP contribution >= 0.6 is 0 Å². The van der Waals surface area contributed by atoms with Gasteiger partial charge in [-0.3, -0.25) is 10.1 Å². The molecule has 0 amide bonds. The molecule has 0 unspecified atom stereocenters. The van der Waals surface area contributed by atoms with Crippen LogP contribution in [-0.2, 0) is 6.42 Å². The summed E-state index contributed by atoms with van der Waals surface area (Å²) in [5.74, 6) is -0.284. The first-order chi connectivity index (χ1) is 6.15. The van der Waals surface area contributed by atoms with Crippen LogP contribution < -0.4 is 0 Å². The molecule has 0 atom stereocenters. The van der Waals surface area contributed by atoms with Gasteiger partial charge in [0.1, 0.15) is 11.4 Å². The van der Waals surface area contributed by atoms with Gasteiger partial charge in [0.05, 0.1) is 29.7 Å². The van der Waals surface area contributed by atoms with E-state index in [0.717, 1.165) is 12.3 Å². The van der Waals surface area contributed by atoms with Crippen molar-refractivity contribution in [2.45, 2.75) is 6.42 Å². The standard InChI is InChI=1S/C7H5N3O3/c8-2-1-6-7(10(12)13)3-5(11)4-9-6/h3-4,11H,1H2. The fourth-order valence-electron chi connectivity index (χ4n) is 0.840. The summed E-state index contributed by atoms with van der Waals surface area (Å²) in [5, 5.41) is 27.6. The Morgan fingerprint density at radius 2 is 2.46 bits per heavy atom. The van der Waals surface area contributed by atoms with Crippen LogP contribution in [0.1, 0.15) is 5.69 Å². The van der Waals surface area contributed by atoms with Crippen molar-refractivity contribution in [2.75, 3.05) is 0 Å². The molecule has 0 aliphatic heterocycles. The van der Waals surface area contributed by atoms with E-state index in [0.29, 0.717) is 0 Å². The number of nitro groups is 1. The maximum atomic E-state index is 10.4. The van der Waals surface area contributed by atoms with E-state index in [2.05, 4.69) is 4.98 Å². The molecule has 1 heterocycles. The van der Waals surface area contributed by atoms with Crippen molar-refractivity contribution in [2.24, 2.45) is 0 Å². The molecule has 6 nitrogen and oxygen atoms in total. The molecule has 0 saturated heterocycles. The van der Waals surface area contributed by atoms with Crippen molar-refractivity contribution < 1.29 is 10.0 Å². The monoisotopic (exact) mass is 179 g/mol. The van der Waals surface area contributed by atoms with Gasteiger partial charge in [-0.1, -0.05) is 0 Å². The second kappa shape index (κ2) is 3.49. The third-order valence-corrected chi connectivity index (χ3v) is 1.38. The molecule has 0 aliphatic rings. The van der Waals surface area contributed by atoms with Gasteiger partial charge < -0.3 is 5.11 Å². The summed E-state index contributed by atoms with van der Waals surface area (Å²) in [7, 11) is 0. The molecule has 13 heavy (non-hydrogen) atoms. The Morgan fingerprint density at radius 1 is 1.77 bits per heavy atom. The summed E-state index contributed by atoms with van der Waals surface area (Å²) < 4.78 is 0. The van der Waals surface area contributed by atoms with Crippen LogP contribution in [0, 0.1) is 21.4 Å². The number of aromatic hydroxyl groups is 1. The Morgan fingerprint density at radius 3 is 3.00 bits per heavy atom. The van der Waals surface area contributed by atoms with E-state index < -0.39 is 4.92 Å². The van der Waals surface area contributed by atoms with Crippen molar-refractivity contribution in [3.63, 3.8) is 0 Å². The normalized spacial score (nSPS) is 9.15. The van der Waals surface area contributed by atoms with Crippen LogP contribution in [0.2, 0.25) is 0 Å². The van der Waals surface area contributed by atoms with Crippen molar-refractivity contribution in [3.05, 3.63) is 28.1 Å². The van der Waals surface area contributed by atoms with Crippen LogP contribution in [0.15, 0.2) is 12.3 Å². The molecule has 0 aliphatic carbocycles. The van der Waals surface area contributed by atoms with Gasteiger partial charge in [-0.25, -0.2) is 4.98 Å². The van der Waals surface area contributed by atoms with E-state index in [9.17, 15) is 10.1 Å². The first-order valence-electron chi connectivity index (χ1n) is 3.34. The maximum absolute atomic E-state index is 10.4. The molecule has 0 radical (unpaired) electrons. The predicted octanol–water partition coefficient (Wildman–Crippen LogP) is 0.761. The highest BCUT2D eigenvalue weighted by molar-refractivity contribution is 5.41. The quantitative estimate of drug-likeness (QED) is 0.533. The third-order valence-electron chi connectivity index (χ3n) is 1.38. The Labute approximate surface area is 73.2 Å². The Hall–Kier alpha value is -2.16. The van der Waals surface area contributed by atoms with Crippen LogP contribution in [0.5, 0.6) is 5.75 Å². The topological polar surface area (TPSA) is 100 Å². The Balaban J connectivity index is 3.20. The van der Waals surface area contributed by atoms with Gasteiger partial charge in [-0.15, -0.1) is 0 Å². The number of hydrogen-bond acceptors (Lipinski definition) is 5. The Kier molecular flexibility index (Phi) is 2.40. The van der Waals surface area contributed by atoms with Crippen molar-refractivity contribution in [1.82, 2.24) is 4.98 Å². The minimum Gasteiger partial charge on any atom is -0.506 e. The molecular formula is C7H5N3O3.